The lowest BCUT2D eigenvalue weighted by Crippen LogP contribution is -2.15. The Balaban J connectivity index is 1.95. The quantitative estimate of drug-likeness (QED) is 0.250. The van der Waals surface area contributed by atoms with Crippen molar-refractivity contribution in [1.29, 1.82) is 0 Å². The summed E-state index contributed by atoms with van der Waals surface area (Å²) in [5.41, 5.74) is 3.20. The second-order valence-corrected chi connectivity index (χ2v) is 11.9. The van der Waals surface area contributed by atoms with Crippen molar-refractivity contribution in [1.82, 2.24) is 0 Å². The molecule has 0 saturated heterocycles. The number of hydrogen-bond acceptors (Lipinski definition) is 4. The summed E-state index contributed by atoms with van der Waals surface area (Å²) in [4.78, 5) is -0.469. The van der Waals surface area contributed by atoms with Gasteiger partial charge in [-0.05, 0) is 70.8 Å². The Morgan fingerprint density at radius 1 is 0.444 bits per heavy atom. The summed E-state index contributed by atoms with van der Waals surface area (Å²) in [6.45, 7) is 0. The molecule has 0 saturated carbocycles. The van der Waals surface area contributed by atoms with E-state index in [1.54, 1.807) is 48.5 Å². The largest absolute Gasteiger partial charge is 0.294 e. The summed E-state index contributed by atoms with van der Waals surface area (Å²) < 4.78 is 65.3. The molecular formula is C26H20Cl2O6S2. The Kier molecular flexibility index (Phi) is 7.56. The van der Waals surface area contributed by atoms with Crippen molar-refractivity contribution >= 4 is 43.4 Å². The number of hydrogen-bond donors (Lipinski definition) is 2. The molecule has 2 unspecified atom stereocenters. The van der Waals surface area contributed by atoms with Crippen LogP contribution in [-0.4, -0.2) is 25.9 Å². The molecule has 0 aliphatic heterocycles. The van der Waals surface area contributed by atoms with E-state index in [1.165, 1.54) is 24.3 Å². The van der Waals surface area contributed by atoms with Gasteiger partial charge < -0.3 is 0 Å². The van der Waals surface area contributed by atoms with Crippen LogP contribution in [0.1, 0.15) is 34.1 Å². The van der Waals surface area contributed by atoms with E-state index in [4.69, 9.17) is 23.2 Å². The lowest BCUT2D eigenvalue weighted by molar-refractivity contribution is 0.480. The van der Waals surface area contributed by atoms with E-state index in [0.29, 0.717) is 10.0 Å². The smallest absolute Gasteiger partial charge is 0.282 e. The molecule has 0 radical (unpaired) electrons. The minimum Gasteiger partial charge on any atom is -0.282 e. The highest BCUT2D eigenvalue weighted by atomic mass is 35.5. The predicted molar refractivity (Wildman–Crippen MR) is 139 cm³/mol. The van der Waals surface area contributed by atoms with E-state index < -0.39 is 20.2 Å². The molecule has 0 spiro atoms. The third-order valence-electron chi connectivity index (χ3n) is 5.87. The van der Waals surface area contributed by atoms with E-state index in [0.717, 1.165) is 22.3 Å². The van der Waals surface area contributed by atoms with E-state index in [2.05, 4.69) is 0 Å². The molecule has 4 rings (SSSR count). The predicted octanol–water partition coefficient (Wildman–Crippen LogP) is 6.45. The van der Waals surface area contributed by atoms with Gasteiger partial charge in [0.1, 0.15) is 0 Å². The average Bonchev–Trinajstić information content (AvgIpc) is 2.83. The summed E-state index contributed by atoms with van der Waals surface area (Å²) in [5.74, 6) is -0.758. The molecule has 0 bridgehead atoms. The molecule has 4 aromatic rings. The van der Waals surface area contributed by atoms with Crippen LogP contribution in [0, 0.1) is 0 Å². The minimum absolute atomic E-state index is 0.235. The summed E-state index contributed by atoms with van der Waals surface area (Å²) in [5, 5.41) is 1.08. The molecule has 6 nitrogen and oxygen atoms in total. The van der Waals surface area contributed by atoms with E-state index in [1.807, 2.05) is 24.3 Å². The molecule has 186 valence electrons. The third-order valence-corrected chi connectivity index (χ3v) is 8.11. The number of rotatable bonds is 7. The SMILES string of the molecule is O=S(=O)(O)c1ccc(C(c2ccc(Cl)cc2)C(c2ccc(Cl)cc2)c2ccc(S(=O)(=O)O)cc2)cc1. The maximum Gasteiger partial charge on any atom is 0.294 e. The first-order valence-corrected chi connectivity index (χ1v) is 14.2. The van der Waals surface area contributed by atoms with Gasteiger partial charge in [0.25, 0.3) is 20.2 Å². The molecule has 0 aliphatic carbocycles. The highest BCUT2D eigenvalue weighted by Crippen LogP contribution is 2.43. The van der Waals surface area contributed by atoms with Crippen molar-refractivity contribution in [2.45, 2.75) is 21.6 Å². The minimum atomic E-state index is -4.38. The second kappa shape index (κ2) is 10.3. The van der Waals surface area contributed by atoms with E-state index in [-0.39, 0.29) is 21.6 Å². The molecule has 0 fully saturated rings. The summed E-state index contributed by atoms with van der Waals surface area (Å²) >= 11 is 12.3. The van der Waals surface area contributed by atoms with E-state index in [9.17, 15) is 25.9 Å². The van der Waals surface area contributed by atoms with Crippen molar-refractivity contribution in [3.05, 3.63) is 129 Å². The van der Waals surface area contributed by atoms with Gasteiger partial charge >= 0.3 is 0 Å². The zero-order chi connectivity index (χ0) is 26.1. The van der Waals surface area contributed by atoms with Crippen LogP contribution in [0.15, 0.2) is 107 Å². The lowest BCUT2D eigenvalue weighted by atomic mass is 9.74. The highest BCUT2D eigenvalue weighted by molar-refractivity contribution is 7.86. The van der Waals surface area contributed by atoms with Crippen LogP contribution >= 0.6 is 23.2 Å². The molecule has 2 atom stereocenters. The van der Waals surface area contributed by atoms with Crippen LogP contribution < -0.4 is 0 Å². The summed E-state index contributed by atoms with van der Waals surface area (Å²) in [6.07, 6.45) is 0. The van der Waals surface area contributed by atoms with Gasteiger partial charge in [-0.25, -0.2) is 0 Å². The lowest BCUT2D eigenvalue weighted by Gasteiger charge is -2.30. The van der Waals surface area contributed by atoms with Crippen LogP contribution in [0.2, 0.25) is 10.0 Å². The van der Waals surface area contributed by atoms with Crippen molar-refractivity contribution < 1.29 is 25.9 Å². The fourth-order valence-electron chi connectivity index (χ4n) is 4.19. The first kappa shape index (κ1) is 26.3. The van der Waals surface area contributed by atoms with Crippen molar-refractivity contribution in [3.63, 3.8) is 0 Å². The summed E-state index contributed by atoms with van der Waals surface area (Å²) in [7, 11) is -8.75. The summed E-state index contributed by atoms with van der Waals surface area (Å²) in [6, 6.07) is 26.2. The zero-order valence-corrected chi connectivity index (χ0v) is 21.6. The van der Waals surface area contributed by atoms with Gasteiger partial charge in [-0.15, -0.1) is 0 Å². The van der Waals surface area contributed by atoms with E-state index >= 15 is 0 Å². The second-order valence-electron chi connectivity index (χ2n) is 8.15. The molecule has 0 heterocycles. The Bertz CT molecular complexity index is 1440. The van der Waals surface area contributed by atoms with Crippen LogP contribution in [0.4, 0.5) is 0 Å². The molecule has 4 aromatic carbocycles. The number of benzene rings is 4. The Labute approximate surface area is 219 Å². The third kappa shape index (κ3) is 5.98. The first-order valence-electron chi connectivity index (χ1n) is 10.6. The molecule has 36 heavy (non-hydrogen) atoms. The number of halogens is 2. The fourth-order valence-corrected chi connectivity index (χ4v) is 5.40. The van der Waals surface area contributed by atoms with Gasteiger partial charge in [0.15, 0.2) is 0 Å². The molecule has 0 aromatic heterocycles. The van der Waals surface area contributed by atoms with Crippen LogP contribution in [0.25, 0.3) is 0 Å². The van der Waals surface area contributed by atoms with Gasteiger partial charge in [0, 0.05) is 21.9 Å². The van der Waals surface area contributed by atoms with Crippen molar-refractivity contribution in [2.24, 2.45) is 0 Å². The van der Waals surface area contributed by atoms with Crippen molar-refractivity contribution in [3.8, 4) is 0 Å². The van der Waals surface area contributed by atoms with Crippen LogP contribution in [0.5, 0.6) is 0 Å². The molecule has 2 N–H and O–H groups in total. The first-order chi connectivity index (χ1) is 16.9. The maximum atomic E-state index is 11.6. The molecule has 0 amide bonds. The Morgan fingerprint density at radius 3 is 0.889 bits per heavy atom. The average molecular weight is 563 g/mol. The normalized spacial score (nSPS) is 13.8. The highest BCUT2D eigenvalue weighted by Gasteiger charge is 2.29. The fraction of sp³-hybridized carbons (Fsp3) is 0.0769. The Hall–Kier alpha value is -2.72. The van der Waals surface area contributed by atoms with Gasteiger partial charge in [0.05, 0.1) is 9.79 Å². The standard InChI is InChI=1S/C26H20Cl2O6S2/c27-21-9-1-17(2-10-21)25(19-5-13-23(14-6-19)35(29,30)31)26(18-3-11-22(28)12-4-18)20-7-15-24(16-8-20)36(32,33)34/h1-16,25-26H,(H,29,30,31)(H,32,33,34). The monoisotopic (exact) mass is 562 g/mol. The van der Waals surface area contributed by atoms with Gasteiger partial charge in [0.2, 0.25) is 0 Å². The maximum absolute atomic E-state index is 11.6. The van der Waals surface area contributed by atoms with Crippen LogP contribution in [0.3, 0.4) is 0 Å². The van der Waals surface area contributed by atoms with Gasteiger partial charge in [-0.2, -0.15) is 16.8 Å². The van der Waals surface area contributed by atoms with Gasteiger partial charge in [-0.3, -0.25) is 9.11 Å². The molecule has 10 heteroatoms. The van der Waals surface area contributed by atoms with Crippen LogP contribution in [-0.2, 0) is 20.2 Å². The zero-order valence-electron chi connectivity index (χ0n) is 18.5. The molecule has 0 aliphatic rings. The van der Waals surface area contributed by atoms with Crippen molar-refractivity contribution in [2.75, 3.05) is 0 Å². The Morgan fingerprint density at radius 2 is 0.667 bits per heavy atom. The van der Waals surface area contributed by atoms with Gasteiger partial charge in [-0.1, -0.05) is 71.7 Å². The topological polar surface area (TPSA) is 109 Å². The molecular weight excluding hydrogens is 543 g/mol.